The molecule has 5 rings (SSSR count). The molecule has 0 unspecified atom stereocenters. The van der Waals surface area contributed by atoms with Gasteiger partial charge >= 0.3 is 11.9 Å². The van der Waals surface area contributed by atoms with Gasteiger partial charge in [-0.25, -0.2) is 9.59 Å². The van der Waals surface area contributed by atoms with E-state index in [1.165, 1.54) is 12.1 Å². The van der Waals surface area contributed by atoms with Gasteiger partial charge in [-0.2, -0.15) is 16.8 Å². The number of fused-ring (bicyclic) bond motifs is 2. The molecular formula is C43H50N2O11S2. The Morgan fingerprint density at radius 1 is 0.621 bits per heavy atom. The molecule has 0 bridgehead atoms. The summed E-state index contributed by atoms with van der Waals surface area (Å²) in [6, 6.07) is 9.89. The number of carboxylic acids is 2. The standard InChI is InChI=1S/C43H50N2O11S2/c1-42(2)33-27-31(40(47)48)19-21-35(33)44(23-9-11-25-57(51,52)53)37(42)15-7-5-13-29-17-18-30(39(29)46)14-6-8-16-38-43(3,4)34-28-32(41(49)50)20-22-36(34)45(38)24-10-12-26-58(54,55)56/h5-8,13-16,19-22,27-28H,9-12,17-18,23-26H2,1-4H3,(H,47,48)(H,49,50)(H,51,52,53)(H,54,55,56)/b7-5+,8-6+,29-13+,30-14+,37-15+,38-16+. The Kier molecular flexibility index (Phi) is 13.2. The van der Waals surface area contributed by atoms with E-state index < -0.39 is 43.0 Å². The molecule has 3 aliphatic rings. The SMILES string of the molecule is CC1(C)\C(=C/C=C/C=C2\CC\C(=C/C=C/C=C3/N(CCCCS(=O)(=O)O)c4ccc(C(=O)O)cc4C3(C)C)C2=O)N(CCCCS(=O)(=O)O)c2ccc(C(=O)O)cc21. The van der Waals surface area contributed by atoms with Crippen molar-refractivity contribution in [2.75, 3.05) is 34.4 Å². The van der Waals surface area contributed by atoms with Gasteiger partial charge in [-0.05, 0) is 98.2 Å². The van der Waals surface area contributed by atoms with Crippen LogP contribution in [0, 0.1) is 0 Å². The molecule has 4 N–H and O–H groups in total. The van der Waals surface area contributed by atoms with Crippen molar-refractivity contribution in [3.63, 3.8) is 0 Å². The number of rotatable bonds is 16. The van der Waals surface area contributed by atoms with Crippen molar-refractivity contribution >= 4 is 49.3 Å². The van der Waals surface area contributed by atoms with Crippen LogP contribution < -0.4 is 9.80 Å². The Morgan fingerprint density at radius 2 is 0.983 bits per heavy atom. The van der Waals surface area contributed by atoms with E-state index in [-0.39, 0.29) is 41.3 Å². The van der Waals surface area contributed by atoms with E-state index >= 15 is 0 Å². The number of anilines is 2. The number of aromatic carboxylic acids is 2. The van der Waals surface area contributed by atoms with Crippen LogP contribution in [0.2, 0.25) is 0 Å². The van der Waals surface area contributed by atoms with Crippen molar-refractivity contribution in [3.05, 3.63) is 130 Å². The van der Waals surface area contributed by atoms with Crippen molar-refractivity contribution in [2.24, 2.45) is 0 Å². The van der Waals surface area contributed by atoms with Gasteiger partial charge in [0.05, 0.1) is 22.6 Å². The van der Waals surface area contributed by atoms with Crippen molar-refractivity contribution in [1.29, 1.82) is 0 Å². The van der Waals surface area contributed by atoms with Gasteiger partial charge in [-0.15, -0.1) is 0 Å². The fourth-order valence-electron chi connectivity index (χ4n) is 7.87. The van der Waals surface area contributed by atoms with E-state index in [1.54, 1.807) is 48.6 Å². The summed E-state index contributed by atoms with van der Waals surface area (Å²) in [5.74, 6) is -2.86. The summed E-state index contributed by atoms with van der Waals surface area (Å²) >= 11 is 0. The molecular weight excluding hydrogens is 785 g/mol. The van der Waals surface area contributed by atoms with Gasteiger partial charge in [-0.1, -0.05) is 64.2 Å². The van der Waals surface area contributed by atoms with Crippen LogP contribution in [0.25, 0.3) is 0 Å². The lowest BCUT2D eigenvalue weighted by atomic mass is 9.83. The molecule has 0 atom stereocenters. The van der Waals surface area contributed by atoms with Crippen molar-refractivity contribution in [2.45, 2.75) is 77.0 Å². The summed E-state index contributed by atoms with van der Waals surface area (Å²) < 4.78 is 63.5. The zero-order chi connectivity index (χ0) is 42.6. The molecule has 1 aliphatic carbocycles. The van der Waals surface area contributed by atoms with Gasteiger partial charge in [-0.3, -0.25) is 13.9 Å². The molecule has 0 radical (unpaired) electrons. The number of Topliss-reactive ketones (excluding diaryl/α,β-unsaturated/α-hetero) is 1. The maximum atomic E-state index is 13.4. The Bertz CT molecular complexity index is 2230. The predicted molar refractivity (Wildman–Crippen MR) is 224 cm³/mol. The number of hydrogen-bond donors (Lipinski definition) is 4. The molecule has 13 nitrogen and oxygen atoms in total. The zero-order valence-corrected chi connectivity index (χ0v) is 34.6. The molecule has 0 saturated heterocycles. The van der Waals surface area contributed by atoms with Gasteiger partial charge in [0.2, 0.25) is 0 Å². The second-order valence-electron chi connectivity index (χ2n) is 15.7. The third-order valence-electron chi connectivity index (χ3n) is 10.9. The molecule has 58 heavy (non-hydrogen) atoms. The van der Waals surface area contributed by atoms with Crippen LogP contribution >= 0.6 is 0 Å². The molecule has 2 aromatic rings. The molecule has 2 aromatic carbocycles. The molecule has 310 valence electrons. The van der Waals surface area contributed by atoms with Crippen LogP contribution in [0.4, 0.5) is 11.4 Å². The van der Waals surface area contributed by atoms with Crippen molar-refractivity contribution in [1.82, 2.24) is 0 Å². The Labute approximate surface area is 339 Å². The normalized spacial score (nSPS) is 20.4. The number of nitrogens with zero attached hydrogens (tertiary/aromatic N) is 2. The van der Waals surface area contributed by atoms with E-state index in [1.807, 2.05) is 61.8 Å². The van der Waals surface area contributed by atoms with E-state index in [4.69, 9.17) is 0 Å². The maximum absolute atomic E-state index is 13.4. The molecule has 0 amide bonds. The van der Waals surface area contributed by atoms with Gasteiger partial charge in [0, 0.05) is 57.8 Å². The topological polar surface area (TPSA) is 207 Å². The monoisotopic (exact) mass is 834 g/mol. The summed E-state index contributed by atoms with van der Waals surface area (Å²) in [6.45, 7) is 8.84. The van der Waals surface area contributed by atoms with Crippen LogP contribution in [-0.2, 0) is 35.9 Å². The fraction of sp³-hybridized carbons (Fsp3) is 0.372. The third-order valence-corrected chi connectivity index (χ3v) is 12.5. The molecule has 1 fully saturated rings. The van der Waals surface area contributed by atoms with Crippen molar-refractivity contribution in [3.8, 4) is 0 Å². The van der Waals surface area contributed by atoms with Crippen LogP contribution in [0.3, 0.4) is 0 Å². The van der Waals surface area contributed by atoms with Crippen molar-refractivity contribution < 1.29 is 50.5 Å². The van der Waals surface area contributed by atoms with Crippen LogP contribution in [0.1, 0.15) is 98.1 Å². The third kappa shape index (κ3) is 10.1. The second kappa shape index (κ2) is 17.4. The number of hydrogen-bond acceptors (Lipinski definition) is 9. The molecule has 2 aliphatic heterocycles. The highest BCUT2D eigenvalue weighted by atomic mass is 32.2. The van der Waals surface area contributed by atoms with Gasteiger partial charge in [0.25, 0.3) is 20.2 Å². The average molecular weight is 835 g/mol. The summed E-state index contributed by atoms with van der Waals surface area (Å²) in [7, 11) is -8.19. The first-order chi connectivity index (χ1) is 27.1. The van der Waals surface area contributed by atoms with E-state index in [2.05, 4.69) is 0 Å². The zero-order valence-electron chi connectivity index (χ0n) is 33.0. The summed E-state index contributed by atoms with van der Waals surface area (Å²) in [4.78, 5) is 40.9. The van der Waals surface area contributed by atoms with E-state index in [0.717, 1.165) is 33.9 Å². The lowest BCUT2D eigenvalue weighted by molar-refractivity contribution is -0.111. The molecule has 0 spiro atoms. The Hall–Kier alpha value is -5.09. The molecule has 2 heterocycles. The molecule has 0 aromatic heterocycles. The van der Waals surface area contributed by atoms with Gasteiger partial charge in [0.15, 0.2) is 5.78 Å². The van der Waals surface area contributed by atoms with Gasteiger partial charge in [0.1, 0.15) is 0 Å². The summed E-state index contributed by atoms with van der Waals surface area (Å²) in [6.07, 6.45) is 17.2. The highest BCUT2D eigenvalue weighted by Gasteiger charge is 2.41. The fourth-order valence-corrected chi connectivity index (χ4v) is 9.00. The number of unbranched alkanes of at least 4 members (excludes halogenated alkanes) is 2. The number of carboxylic acid groups (broad SMARTS) is 2. The van der Waals surface area contributed by atoms with Gasteiger partial charge < -0.3 is 20.0 Å². The molecule has 1 saturated carbocycles. The predicted octanol–water partition coefficient (Wildman–Crippen LogP) is 7.41. The van der Waals surface area contributed by atoms with Crippen LogP contribution in [-0.4, -0.2) is 78.5 Å². The van der Waals surface area contributed by atoms with Crippen LogP contribution in [0.5, 0.6) is 0 Å². The quantitative estimate of drug-likeness (QED) is 0.0739. The smallest absolute Gasteiger partial charge is 0.335 e. The maximum Gasteiger partial charge on any atom is 0.335 e. The first kappa shape index (κ1) is 44.0. The largest absolute Gasteiger partial charge is 0.478 e. The lowest BCUT2D eigenvalue weighted by Crippen LogP contribution is -2.27. The average Bonchev–Trinajstić information content (AvgIpc) is 3.67. The minimum atomic E-state index is -4.09. The number of benzene rings is 2. The Balaban J connectivity index is 1.32. The summed E-state index contributed by atoms with van der Waals surface area (Å²) in [5, 5.41) is 19.2. The summed E-state index contributed by atoms with van der Waals surface area (Å²) in [5.41, 5.74) is 5.47. The number of carbonyl (C=O) groups is 3. The van der Waals surface area contributed by atoms with Crippen LogP contribution in [0.15, 0.2) is 108 Å². The lowest BCUT2D eigenvalue weighted by Gasteiger charge is -2.27. The highest BCUT2D eigenvalue weighted by molar-refractivity contribution is 7.86. The number of ketones is 1. The minimum Gasteiger partial charge on any atom is -0.478 e. The van der Waals surface area contributed by atoms with E-state index in [0.29, 0.717) is 49.9 Å². The van der Waals surface area contributed by atoms with E-state index in [9.17, 15) is 50.5 Å². The minimum absolute atomic E-state index is 0.0693. The Morgan fingerprint density at radius 3 is 1.33 bits per heavy atom. The first-order valence-electron chi connectivity index (χ1n) is 19.0. The number of carbonyl (C=O) groups excluding carboxylic acids is 1. The highest BCUT2D eigenvalue weighted by Crippen LogP contribution is 2.49. The first-order valence-corrected chi connectivity index (χ1v) is 22.3. The second-order valence-corrected chi connectivity index (χ2v) is 18.8. The number of allylic oxidation sites excluding steroid dienone is 12. The molecule has 15 heteroatoms.